The van der Waals surface area contributed by atoms with Crippen molar-refractivity contribution >= 4 is 23.4 Å². The van der Waals surface area contributed by atoms with Crippen molar-refractivity contribution in [3.8, 4) is 5.88 Å². The van der Waals surface area contributed by atoms with Crippen molar-refractivity contribution in [3.05, 3.63) is 94.6 Å². The zero-order chi connectivity index (χ0) is 23.0. The number of hydrogen-bond acceptors (Lipinski definition) is 4. The highest BCUT2D eigenvalue weighted by molar-refractivity contribution is 6.30. The monoisotopic (exact) mass is 463 g/mol. The number of nitrogens with one attached hydrogen (secondary N) is 2. The van der Waals surface area contributed by atoms with E-state index >= 15 is 0 Å². The molecule has 1 saturated carbocycles. The lowest BCUT2D eigenvalue weighted by molar-refractivity contribution is -0.123. The molecule has 3 aromatic rings. The van der Waals surface area contributed by atoms with Crippen molar-refractivity contribution in [2.75, 3.05) is 6.61 Å². The van der Waals surface area contributed by atoms with Crippen molar-refractivity contribution in [2.45, 2.75) is 31.8 Å². The Balaban J connectivity index is 1.37. The van der Waals surface area contributed by atoms with Crippen LogP contribution in [0.3, 0.4) is 0 Å². The van der Waals surface area contributed by atoms with E-state index in [1.807, 2.05) is 42.5 Å². The first kappa shape index (κ1) is 22.8. The number of halogens is 1. The first-order valence-corrected chi connectivity index (χ1v) is 11.4. The van der Waals surface area contributed by atoms with Crippen LogP contribution in [0.25, 0.3) is 0 Å². The van der Waals surface area contributed by atoms with Crippen LogP contribution in [0.2, 0.25) is 5.02 Å². The third-order valence-corrected chi connectivity index (χ3v) is 5.69. The van der Waals surface area contributed by atoms with Gasteiger partial charge in [-0.3, -0.25) is 9.59 Å². The second kappa shape index (κ2) is 11.0. The molecule has 1 heterocycles. The minimum atomic E-state index is -0.732. The van der Waals surface area contributed by atoms with Gasteiger partial charge in [-0.1, -0.05) is 48.0 Å². The Hall–Kier alpha value is -3.38. The summed E-state index contributed by atoms with van der Waals surface area (Å²) in [7, 11) is 0. The van der Waals surface area contributed by atoms with Crippen LogP contribution in [-0.2, 0) is 17.8 Å². The van der Waals surface area contributed by atoms with E-state index in [-0.39, 0.29) is 11.8 Å². The molecule has 0 radical (unpaired) electrons. The Morgan fingerprint density at radius 3 is 2.42 bits per heavy atom. The number of carbonyl (C=O) groups excluding carboxylic acids is 2. The van der Waals surface area contributed by atoms with Crippen molar-refractivity contribution in [2.24, 2.45) is 5.92 Å². The third-order valence-electron chi connectivity index (χ3n) is 5.44. The van der Waals surface area contributed by atoms with Gasteiger partial charge in [0.15, 0.2) is 0 Å². The van der Waals surface area contributed by atoms with Gasteiger partial charge in [-0.2, -0.15) is 0 Å². The topological polar surface area (TPSA) is 80.3 Å². The summed E-state index contributed by atoms with van der Waals surface area (Å²) in [5, 5.41) is 6.30. The van der Waals surface area contributed by atoms with E-state index in [1.165, 1.54) is 12.8 Å². The van der Waals surface area contributed by atoms with Gasteiger partial charge in [0.1, 0.15) is 6.04 Å². The molecule has 1 atom stereocenters. The molecule has 7 heteroatoms. The standard InChI is InChI=1S/C26H26ClN3O3/c27-22-11-9-21(10-12-22)25(31)30-23(14-18-4-2-1-3-5-18)26(32)29-16-20-8-13-24(28-15-20)33-17-19-6-7-19/h1-5,8-13,15,19,23H,6-7,14,16-17H2,(H,29,32)(H,30,31)/t23-/m0/s1. The SMILES string of the molecule is O=C(N[C@@H](Cc1ccccc1)C(=O)NCc1ccc(OCC2CC2)nc1)c1ccc(Cl)cc1. The van der Waals surface area contributed by atoms with Gasteiger partial charge in [0.25, 0.3) is 5.91 Å². The van der Waals surface area contributed by atoms with Crippen molar-refractivity contribution in [3.63, 3.8) is 0 Å². The van der Waals surface area contributed by atoms with Crippen LogP contribution < -0.4 is 15.4 Å². The van der Waals surface area contributed by atoms with E-state index in [0.717, 1.165) is 11.1 Å². The lowest BCUT2D eigenvalue weighted by atomic mass is 10.0. The van der Waals surface area contributed by atoms with Gasteiger partial charge in [0.05, 0.1) is 6.61 Å². The van der Waals surface area contributed by atoms with Crippen LogP contribution in [0.5, 0.6) is 5.88 Å². The predicted octanol–water partition coefficient (Wildman–Crippen LogP) is 4.18. The molecule has 0 aliphatic heterocycles. The zero-order valence-corrected chi connectivity index (χ0v) is 18.9. The van der Waals surface area contributed by atoms with Gasteiger partial charge in [0.2, 0.25) is 11.8 Å². The fourth-order valence-electron chi connectivity index (χ4n) is 3.30. The van der Waals surface area contributed by atoms with E-state index < -0.39 is 6.04 Å². The zero-order valence-electron chi connectivity index (χ0n) is 18.2. The Labute approximate surface area is 198 Å². The molecule has 6 nitrogen and oxygen atoms in total. The number of amides is 2. The van der Waals surface area contributed by atoms with Crippen LogP contribution >= 0.6 is 11.6 Å². The molecule has 2 amide bonds. The molecule has 1 fully saturated rings. The molecular weight excluding hydrogens is 438 g/mol. The number of aromatic nitrogens is 1. The van der Waals surface area contributed by atoms with Gasteiger partial charge in [-0.05, 0) is 54.2 Å². The third kappa shape index (κ3) is 7.05. The molecule has 4 rings (SSSR count). The highest BCUT2D eigenvalue weighted by Crippen LogP contribution is 2.29. The average Bonchev–Trinajstić information content (AvgIpc) is 3.67. The quantitative estimate of drug-likeness (QED) is 0.472. The number of hydrogen-bond donors (Lipinski definition) is 2. The molecule has 1 aliphatic carbocycles. The summed E-state index contributed by atoms with van der Waals surface area (Å²) in [6.07, 6.45) is 4.52. The maximum atomic E-state index is 13.0. The van der Waals surface area contributed by atoms with Gasteiger partial charge < -0.3 is 15.4 Å². The molecule has 2 aromatic carbocycles. The maximum absolute atomic E-state index is 13.0. The first-order chi connectivity index (χ1) is 16.1. The summed E-state index contributed by atoms with van der Waals surface area (Å²) in [6.45, 7) is 1.01. The Morgan fingerprint density at radius 1 is 1.00 bits per heavy atom. The Morgan fingerprint density at radius 2 is 1.76 bits per heavy atom. The van der Waals surface area contributed by atoms with Gasteiger partial charge in [-0.15, -0.1) is 0 Å². The predicted molar refractivity (Wildman–Crippen MR) is 127 cm³/mol. The summed E-state index contributed by atoms with van der Waals surface area (Å²) >= 11 is 5.91. The van der Waals surface area contributed by atoms with E-state index in [4.69, 9.17) is 16.3 Å². The lowest BCUT2D eigenvalue weighted by Crippen LogP contribution is -2.47. The second-order valence-electron chi connectivity index (χ2n) is 8.20. The summed E-state index contributed by atoms with van der Waals surface area (Å²) in [4.78, 5) is 30.0. The van der Waals surface area contributed by atoms with E-state index in [0.29, 0.717) is 42.0 Å². The van der Waals surface area contributed by atoms with Crippen molar-refractivity contribution in [1.82, 2.24) is 15.6 Å². The molecule has 0 bridgehead atoms. The van der Waals surface area contributed by atoms with Gasteiger partial charge in [-0.25, -0.2) is 4.98 Å². The maximum Gasteiger partial charge on any atom is 0.251 e. The highest BCUT2D eigenvalue weighted by Gasteiger charge is 2.23. The number of nitrogens with zero attached hydrogens (tertiary/aromatic N) is 1. The van der Waals surface area contributed by atoms with Crippen LogP contribution in [0, 0.1) is 5.92 Å². The molecule has 2 N–H and O–H groups in total. The lowest BCUT2D eigenvalue weighted by Gasteiger charge is -2.19. The van der Waals surface area contributed by atoms with Crippen LogP contribution in [-0.4, -0.2) is 29.4 Å². The fourth-order valence-corrected chi connectivity index (χ4v) is 3.43. The summed E-state index contributed by atoms with van der Waals surface area (Å²) < 4.78 is 5.65. The minimum Gasteiger partial charge on any atom is -0.477 e. The number of pyridine rings is 1. The van der Waals surface area contributed by atoms with Gasteiger partial charge >= 0.3 is 0 Å². The number of carbonyl (C=O) groups is 2. The molecule has 170 valence electrons. The van der Waals surface area contributed by atoms with Gasteiger partial charge in [0, 0.05) is 35.8 Å². The average molecular weight is 464 g/mol. The molecule has 0 saturated heterocycles. The largest absolute Gasteiger partial charge is 0.477 e. The summed E-state index contributed by atoms with van der Waals surface area (Å²) in [5.41, 5.74) is 2.24. The fraction of sp³-hybridized carbons (Fsp3) is 0.269. The summed E-state index contributed by atoms with van der Waals surface area (Å²) in [6, 6.07) is 19.1. The number of ether oxygens (including phenoxy) is 1. The molecule has 33 heavy (non-hydrogen) atoms. The normalized spacial score (nSPS) is 13.7. The van der Waals surface area contributed by atoms with Crippen LogP contribution in [0.15, 0.2) is 72.9 Å². The molecule has 0 spiro atoms. The van der Waals surface area contributed by atoms with E-state index in [9.17, 15) is 9.59 Å². The highest BCUT2D eigenvalue weighted by atomic mass is 35.5. The molecule has 1 aliphatic rings. The molecule has 1 aromatic heterocycles. The van der Waals surface area contributed by atoms with Crippen LogP contribution in [0.4, 0.5) is 0 Å². The van der Waals surface area contributed by atoms with E-state index in [1.54, 1.807) is 30.5 Å². The first-order valence-electron chi connectivity index (χ1n) is 11.0. The Kier molecular flexibility index (Phi) is 7.58. The molecular formula is C26H26ClN3O3. The smallest absolute Gasteiger partial charge is 0.251 e. The Bertz CT molecular complexity index is 1070. The second-order valence-corrected chi connectivity index (χ2v) is 8.64. The van der Waals surface area contributed by atoms with Crippen molar-refractivity contribution < 1.29 is 14.3 Å². The minimum absolute atomic E-state index is 0.268. The number of rotatable bonds is 10. The van der Waals surface area contributed by atoms with Crippen LogP contribution in [0.1, 0.15) is 34.3 Å². The van der Waals surface area contributed by atoms with Crippen molar-refractivity contribution in [1.29, 1.82) is 0 Å². The summed E-state index contributed by atoms with van der Waals surface area (Å²) in [5.74, 6) is 0.654. The molecule has 0 unspecified atom stereocenters. The number of benzene rings is 2. The van der Waals surface area contributed by atoms with E-state index in [2.05, 4.69) is 15.6 Å².